The number of rotatable bonds is 9. The molecule has 1 saturated heterocycles. The van der Waals surface area contributed by atoms with E-state index in [1.807, 2.05) is 60.0 Å². The third kappa shape index (κ3) is 6.50. The number of benzene rings is 2. The van der Waals surface area contributed by atoms with Gasteiger partial charge in [0.1, 0.15) is 18.1 Å². The average molecular weight is 485 g/mol. The number of carbonyl (C=O) groups is 1. The van der Waals surface area contributed by atoms with Gasteiger partial charge >= 0.3 is 0 Å². The number of amides is 1. The summed E-state index contributed by atoms with van der Waals surface area (Å²) in [7, 11) is 1.66. The molecule has 2 heterocycles. The number of likely N-dealkylation sites (tertiary alicyclic amines) is 1. The van der Waals surface area contributed by atoms with Crippen molar-refractivity contribution in [2.45, 2.75) is 18.9 Å². The van der Waals surface area contributed by atoms with Crippen molar-refractivity contribution in [1.82, 2.24) is 10.2 Å². The van der Waals surface area contributed by atoms with Gasteiger partial charge in [-0.3, -0.25) is 9.69 Å². The second-order valence-electron chi connectivity index (χ2n) is 8.15. The quantitative estimate of drug-likeness (QED) is 0.441. The van der Waals surface area contributed by atoms with Gasteiger partial charge in [0.25, 0.3) is 0 Å². The molecule has 33 heavy (non-hydrogen) atoms. The zero-order valence-electron chi connectivity index (χ0n) is 18.7. The van der Waals surface area contributed by atoms with Crippen molar-refractivity contribution in [3.63, 3.8) is 0 Å². The number of hydrogen-bond acceptors (Lipinski definition) is 5. The topological polar surface area (TPSA) is 50.8 Å². The molecule has 3 aromatic rings. The van der Waals surface area contributed by atoms with Gasteiger partial charge in [-0.25, -0.2) is 0 Å². The molecule has 1 fully saturated rings. The van der Waals surface area contributed by atoms with E-state index in [4.69, 9.17) is 21.1 Å². The van der Waals surface area contributed by atoms with Gasteiger partial charge in [0.2, 0.25) is 5.91 Å². The number of piperidine rings is 1. The van der Waals surface area contributed by atoms with Crippen molar-refractivity contribution in [3.8, 4) is 11.5 Å². The van der Waals surface area contributed by atoms with Crippen molar-refractivity contribution in [3.05, 3.63) is 81.5 Å². The highest BCUT2D eigenvalue weighted by Gasteiger charge is 2.27. The monoisotopic (exact) mass is 484 g/mol. The minimum absolute atomic E-state index is 0.0270. The number of thiophene rings is 1. The second-order valence-corrected chi connectivity index (χ2v) is 9.56. The predicted octanol–water partition coefficient (Wildman–Crippen LogP) is 5.41. The van der Waals surface area contributed by atoms with Gasteiger partial charge < -0.3 is 14.8 Å². The lowest BCUT2D eigenvalue weighted by Gasteiger charge is -2.32. The Morgan fingerprint density at radius 2 is 1.79 bits per heavy atom. The Hall–Kier alpha value is -2.54. The van der Waals surface area contributed by atoms with Crippen LogP contribution >= 0.6 is 22.9 Å². The highest BCUT2D eigenvalue weighted by Crippen LogP contribution is 2.29. The first kappa shape index (κ1) is 23.6. The number of methoxy groups -OCH3 is 1. The molecule has 1 aromatic heterocycles. The van der Waals surface area contributed by atoms with Crippen LogP contribution in [-0.2, 0) is 4.79 Å². The SMILES string of the molecule is COc1ccc(C(NC(=O)C2CCN(CCOc3ccc(Cl)cc3)CC2)c2cccs2)cc1. The summed E-state index contributed by atoms with van der Waals surface area (Å²) >= 11 is 7.57. The molecular formula is C26H29ClN2O3S. The highest BCUT2D eigenvalue weighted by atomic mass is 35.5. The van der Waals surface area contributed by atoms with E-state index in [9.17, 15) is 4.79 Å². The molecule has 0 spiro atoms. The van der Waals surface area contributed by atoms with E-state index in [2.05, 4.69) is 16.3 Å². The maximum absolute atomic E-state index is 13.1. The zero-order valence-corrected chi connectivity index (χ0v) is 20.3. The van der Waals surface area contributed by atoms with Crippen LogP contribution < -0.4 is 14.8 Å². The molecule has 7 heteroatoms. The van der Waals surface area contributed by atoms with Crippen molar-refractivity contribution >= 4 is 28.8 Å². The number of halogens is 1. The molecule has 1 atom stereocenters. The zero-order chi connectivity index (χ0) is 23.0. The Labute approximate surface area is 204 Å². The Morgan fingerprint density at radius 3 is 2.42 bits per heavy atom. The largest absolute Gasteiger partial charge is 0.497 e. The Morgan fingerprint density at radius 1 is 1.09 bits per heavy atom. The van der Waals surface area contributed by atoms with Gasteiger partial charge in [0.15, 0.2) is 0 Å². The van der Waals surface area contributed by atoms with Crippen LogP contribution in [0, 0.1) is 5.92 Å². The third-order valence-electron chi connectivity index (χ3n) is 6.01. The molecular weight excluding hydrogens is 456 g/mol. The maximum atomic E-state index is 13.1. The van der Waals surface area contributed by atoms with Crippen LogP contribution in [0.4, 0.5) is 0 Å². The molecule has 4 rings (SSSR count). The first-order chi connectivity index (χ1) is 16.1. The molecule has 5 nitrogen and oxygen atoms in total. The second kappa shape index (κ2) is 11.5. The van der Waals surface area contributed by atoms with Crippen molar-refractivity contribution < 1.29 is 14.3 Å². The average Bonchev–Trinajstić information content (AvgIpc) is 3.39. The van der Waals surface area contributed by atoms with Gasteiger partial charge in [-0.05, 0) is 79.3 Å². The lowest BCUT2D eigenvalue weighted by Crippen LogP contribution is -2.42. The molecule has 1 aliphatic rings. The van der Waals surface area contributed by atoms with E-state index in [0.717, 1.165) is 54.4 Å². The maximum Gasteiger partial charge on any atom is 0.223 e. The molecule has 1 amide bonds. The molecule has 2 aromatic carbocycles. The van der Waals surface area contributed by atoms with E-state index in [1.165, 1.54) is 0 Å². The van der Waals surface area contributed by atoms with Crippen LogP contribution in [0.15, 0.2) is 66.0 Å². The van der Waals surface area contributed by atoms with Crippen LogP contribution in [0.1, 0.15) is 29.3 Å². The van der Waals surface area contributed by atoms with Crippen molar-refractivity contribution in [1.29, 1.82) is 0 Å². The standard InChI is InChI=1S/C26H29ClN2O3S/c1-31-22-8-4-19(5-9-22)25(24-3-2-18-33-24)28-26(30)20-12-14-29(15-13-20)16-17-32-23-10-6-21(27)7-11-23/h2-11,18,20,25H,12-17H2,1H3,(H,28,30). The van der Waals surface area contributed by atoms with Crippen molar-refractivity contribution in [2.75, 3.05) is 33.4 Å². The number of nitrogens with one attached hydrogen (secondary N) is 1. The lowest BCUT2D eigenvalue weighted by atomic mass is 9.94. The molecule has 0 bridgehead atoms. The molecule has 0 radical (unpaired) electrons. The Balaban J connectivity index is 1.28. The summed E-state index contributed by atoms with van der Waals surface area (Å²) < 4.78 is 11.1. The molecule has 174 valence electrons. The fraction of sp³-hybridized carbons (Fsp3) is 0.346. The minimum Gasteiger partial charge on any atom is -0.497 e. The van der Waals surface area contributed by atoms with E-state index < -0.39 is 0 Å². The third-order valence-corrected chi connectivity index (χ3v) is 7.20. The van der Waals surface area contributed by atoms with Gasteiger partial charge in [-0.1, -0.05) is 29.8 Å². The van der Waals surface area contributed by atoms with E-state index >= 15 is 0 Å². The summed E-state index contributed by atoms with van der Waals surface area (Å²) in [5.41, 5.74) is 1.06. The fourth-order valence-corrected chi connectivity index (χ4v) is 5.00. The fourth-order valence-electron chi connectivity index (χ4n) is 4.07. The van der Waals surface area contributed by atoms with Crippen LogP contribution in [0.3, 0.4) is 0 Å². The first-order valence-electron chi connectivity index (χ1n) is 11.2. The van der Waals surface area contributed by atoms with Gasteiger partial charge in [0, 0.05) is 22.4 Å². The summed E-state index contributed by atoms with van der Waals surface area (Å²) in [6, 6.07) is 19.3. The molecule has 1 N–H and O–H groups in total. The molecule has 1 aliphatic heterocycles. The van der Waals surface area contributed by atoms with Crippen LogP contribution in [0.5, 0.6) is 11.5 Å². The number of hydrogen-bond donors (Lipinski definition) is 1. The van der Waals surface area contributed by atoms with E-state index in [1.54, 1.807) is 18.4 Å². The van der Waals surface area contributed by atoms with Crippen LogP contribution in [0.25, 0.3) is 0 Å². The summed E-state index contributed by atoms with van der Waals surface area (Å²) in [4.78, 5) is 16.6. The number of nitrogens with zero attached hydrogens (tertiary/aromatic N) is 1. The van der Waals surface area contributed by atoms with Gasteiger partial charge in [-0.2, -0.15) is 0 Å². The predicted molar refractivity (Wildman–Crippen MR) is 133 cm³/mol. The van der Waals surface area contributed by atoms with Crippen LogP contribution in [0.2, 0.25) is 5.02 Å². The highest BCUT2D eigenvalue weighted by molar-refractivity contribution is 7.10. The van der Waals surface area contributed by atoms with Gasteiger partial charge in [-0.15, -0.1) is 11.3 Å². The van der Waals surface area contributed by atoms with Gasteiger partial charge in [0.05, 0.1) is 13.2 Å². The van der Waals surface area contributed by atoms with Crippen molar-refractivity contribution in [2.24, 2.45) is 5.92 Å². The Bertz CT molecular complexity index is 1000. The lowest BCUT2D eigenvalue weighted by molar-refractivity contribution is -0.127. The number of carbonyl (C=O) groups excluding carboxylic acids is 1. The minimum atomic E-state index is -0.144. The smallest absolute Gasteiger partial charge is 0.223 e. The molecule has 1 unspecified atom stereocenters. The normalized spacial score (nSPS) is 15.7. The summed E-state index contributed by atoms with van der Waals surface area (Å²) in [5, 5.41) is 6.05. The first-order valence-corrected chi connectivity index (χ1v) is 12.5. The van der Waals surface area contributed by atoms with E-state index in [-0.39, 0.29) is 17.9 Å². The number of ether oxygens (including phenoxy) is 2. The Kier molecular flexibility index (Phi) is 8.26. The summed E-state index contributed by atoms with van der Waals surface area (Å²) in [6.45, 7) is 3.26. The summed E-state index contributed by atoms with van der Waals surface area (Å²) in [6.07, 6.45) is 1.71. The summed E-state index contributed by atoms with van der Waals surface area (Å²) in [5.74, 6) is 1.79. The molecule has 0 aliphatic carbocycles. The van der Waals surface area contributed by atoms with Crippen LogP contribution in [-0.4, -0.2) is 44.2 Å². The van der Waals surface area contributed by atoms with E-state index in [0.29, 0.717) is 11.6 Å². The molecule has 0 saturated carbocycles.